The van der Waals surface area contributed by atoms with Crippen LogP contribution < -0.4 is 0 Å². The van der Waals surface area contributed by atoms with Crippen LogP contribution in [0.25, 0.3) is 0 Å². The Morgan fingerprint density at radius 1 is 0.256 bits per heavy atom. The quantitative estimate of drug-likeness (QED) is 0.0261. The fraction of sp³-hybridized carbons (Fsp3) is 0.592. The van der Waals surface area contributed by atoms with Gasteiger partial charge in [-0.3, -0.25) is 14.4 Å². The molecule has 0 radical (unpaired) electrons. The number of allylic oxidation sites excluding steroid dienone is 28. The zero-order valence-electron chi connectivity index (χ0n) is 52.7. The Morgan fingerprint density at radius 3 is 0.756 bits per heavy atom. The van der Waals surface area contributed by atoms with Crippen LogP contribution in [-0.4, -0.2) is 37.2 Å². The highest BCUT2D eigenvalue weighted by Crippen LogP contribution is 2.14. The van der Waals surface area contributed by atoms with Gasteiger partial charge in [-0.1, -0.05) is 274 Å². The van der Waals surface area contributed by atoms with Crippen LogP contribution in [0.5, 0.6) is 0 Å². The van der Waals surface area contributed by atoms with Gasteiger partial charge in [-0.2, -0.15) is 0 Å². The lowest BCUT2D eigenvalue weighted by Crippen LogP contribution is -2.30. The molecule has 0 spiro atoms. The van der Waals surface area contributed by atoms with E-state index in [9.17, 15) is 14.4 Å². The number of hydrogen-bond donors (Lipinski definition) is 0. The van der Waals surface area contributed by atoms with Gasteiger partial charge < -0.3 is 14.2 Å². The molecular formula is C76H120O6. The molecule has 82 heavy (non-hydrogen) atoms. The van der Waals surface area contributed by atoms with Gasteiger partial charge in [-0.15, -0.1) is 0 Å². The van der Waals surface area contributed by atoms with Crippen LogP contribution in [0.3, 0.4) is 0 Å². The molecule has 460 valence electrons. The maximum absolute atomic E-state index is 12.9. The summed E-state index contributed by atoms with van der Waals surface area (Å²) in [6.45, 7) is 6.31. The summed E-state index contributed by atoms with van der Waals surface area (Å²) in [6.07, 6.45) is 101. The molecule has 0 aromatic rings. The molecule has 0 aliphatic rings. The van der Waals surface area contributed by atoms with Crippen molar-refractivity contribution in [2.24, 2.45) is 0 Å². The normalized spacial score (nSPS) is 13.3. The summed E-state index contributed by atoms with van der Waals surface area (Å²) in [5.41, 5.74) is 0. The Morgan fingerprint density at radius 2 is 0.476 bits per heavy atom. The van der Waals surface area contributed by atoms with E-state index in [4.69, 9.17) is 14.2 Å². The first-order chi connectivity index (χ1) is 40.5. The van der Waals surface area contributed by atoms with Crippen molar-refractivity contribution in [3.05, 3.63) is 170 Å². The third-order valence-electron chi connectivity index (χ3n) is 13.4. The highest BCUT2D eigenvalue weighted by molar-refractivity contribution is 5.71. The zero-order valence-corrected chi connectivity index (χ0v) is 52.7. The minimum Gasteiger partial charge on any atom is -0.462 e. The van der Waals surface area contributed by atoms with E-state index < -0.39 is 6.10 Å². The SMILES string of the molecule is CC/C=C\C/C=C\C/C=C\C/C=C\C/C=C\C/C=C\C/C=C\C/C=C\CCCCCCCCCCC(=O)OCC(COC(=O)CCCCCCC/C=C\CCC)OC(=O)CCCCCCC/C=C\C/C=C\C/C=C\C/C=C\C/C=C\CC. The summed E-state index contributed by atoms with van der Waals surface area (Å²) in [7, 11) is 0. The molecule has 6 heteroatoms. The van der Waals surface area contributed by atoms with Gasteiger partial charge >= 0.3 is 17.9 Å². The van der Waals surface area contributed by atoms with Gasteiger partial charge in [0.05, 0.1) is 0 Å². The molecule has 0 N–H and O–H groups in total. The number of rotatable bonds is 58. The first-order valence-electron chi connectivity index (χ1n) is 33.1. The lowest BCUT2D eigenvalue weighted by Gasteiger charge is -2.18. The van der Waals surface area contributed by atoms with Gasteiger partial charge in [0.25, 0.3) is 0 Å². The predicted molar refractivity (Wildman–Crippen MR) is 357 cm³/mol. The van der Waals surface area contributed by atoms with Crippen molar-refractivity contribution >= 4 is 17.9 Å². The Kier molecular flexibility index (Phi) is 63.9. The average molecular weight is 1130 g/mol. The minimum atomic E-state index is -0.804. The van der Waals surface area contributed by atoms with Crippen molar-refractivity contribution in [2.75, 3.05) is 13.2 Å². The van der Waals surface area contributed by atoms with E-state index in [2.05, 4.69) is 191 Å². The van der Waals surface area contributed by atoms with Crippen molar-refractivity contribution in [3.8, 4) is 0 Å². The first kappa shape index (κ1) is 76.8. The topological polar surface area (TPSA) is 78.9 Å². The number of esters is 3. The Labute approximate surface area is 504 Å². The molecule has 0 heterocycles. The second kappa shape index (κ2) is 68.3. The second-order valence-corrected chi connectivity index (χ2v) is 21.3. The van der Waals surface area contributed by atoms with E-state index in [0.717, 1.165) is 186 Å². The van der Waals surface area contributed by atoms with Gasteiger partial charge in [0.1, 0.15) is 13.2 Å². The summed E-state index contributed by atoms with van der Waals surface area (Å²) < 4.78 is 16.9. The fourth-order valence-electron chi connectivity index (χ4n) is 8.55. The largest absolute Gasteiger partial charge is 0.462 e. The highest BCUT2D eigenvalue weighted by atomic mass is 16.6. The van der Waals surface area contributed by atoms with Crippen molar-refractivity contribution in [1.29, 1.82) is 0 Å². The third kappa shape index (κ3) is 65.6. The van der Waals surface area contributed by atoms with E-state index in [1.54, 1.807) is 0 Å². The van der Waals surface area contributed by atoms with Crippen molar-refractivity contribution in [2.45, 2.75) is 277 Å². The molecule has 0 aromatic heterocycles. The molecule has 0 saturated carbocycles. The molecule has 6 nitrogen and oxygen atoms in total. The number of unbranched alkanes of at least 4 members (excludes halogenated alkanes) is 19. The number of carbonyl (C=O) groups excluding carboxylic acids is 3. The predicted octanol–water partition coefficient (Wildman–Crippen LogP) is 23.0. The van der Waals surface area contributed by atoms with Gasteiger partial charge in [-0.05, 0) is 148 Å². The second-order valence-electron chi connectivity index (χ2n) is 21.3. The maximum atomic E-state index is 12.9. The van der Waals surface area contributed by atoms with Crippen LogP contribution in [0, 0.1) is 0 Å². The molecule has 0 aliphatic heterocycles. The summed E-state index contributed by atoms with van der Waals surface area (Å²) in [4.78, 5) is 38.3. The van der Waals surface area contributed by atoms with E-state index in [-0.39, 0.29) is 31.1 Å². The Hall–Kier alpha value is -5.23. The van der Waals surface area contributed by atoms with E-state index in [0.29, 0.717) is 19.3 Å². The maximum Gasteiger partial charge on any atom is 0.306 e. The fourth-order valence-corrected chi connectivity index (χ4v) is 8.55. The first-order valence-corrected chi connectivity index (χ1v) is 33.1. The highest BCUT2D eigenvalue weighted by Gasteiger charge is 2.19. The molecule has 0 amide bonds. The summed E-state index contributed by atoms with van der Waals surface area (Å²) in [5.74, 6) is -0.941. The standard InChI is InChI=1S/C76H120O6/c1-4-7-10-13-16-19-22-24-26-28-30-32-33-34-35-36-37-38-39-40-41-42-43-45-46-48-50-52-54-57-60-63-66-69-75(78)81-72-73(71-80-74(77)68-65-62-59-56-21-18-15-12-9-6-3)82-76(79)70-67-64-61-58-55-53-51-49-47-44-31-29-27-25-23-20-17-14-11-8-5-2/h7-8,10-12,15-17,19-20,24-27,30-32,34-35,37-38,40-41,43-45,49,51,73H,4-6,9,13-14,18,21-23,28-29,33,36,39,42,46-48,50,52-72H2,1-3H3/b10-7-,11-8-,15-12-,19-16-,20-17-,26-24-,27-25-,32-30-,35-34-,38-37-,41-40-,44-31-,45-43-,51-49-. The van der Waals surface area contributed by atoms with E-state index in [1.807, 2.05) is 0 Å². The monoisotopic (exact) mass is 1130 g/mol. The smallest absolute Gasteiger partial charge is 0.306 e. The van der Waals surface area contributed by atoms with Crippen molar-refractivity contribution < 1.29 is 28.6 Å². The Bertz CT molecular complexity index is 1870. The molecule has 0 saturated heterocycles. The van der Waals surface area contributed by atoms with Crippen LogP contribution in [-0.2, 0) is 28.6 Å². The van der Waals surface area contributed by atoms with Crippen LogP contribution in [0.2, 0.25) is 0 Å². The number of carbonyl (C=O) groups is 3. The van der Waals surface area contributed by atoms with Gasteiger partial charge in [0.2, 0.25) is 0 Å². The average Bonchev–Trinajstić information content (AvgIpc) is 3.48. The van der Waals surface area contributed by atoms with Crippen LogP contribution >= 0.6 is 0 Å². The molecular weight excluding hydrogens is 1010 g/mol. The van der Waals surface area contributed by atoms with Gasteiger partial charge in [0, 0.05) is 19.3 Å². The van der Waals surface area contributed by atoms with Crippen molar-refractivity contribution in [1.82, 2.24) is 0 Å². The molecule has 0 aromatic carbocycles. The Balaban J connectivity index is 4.30. The molecule has 0 bridgehead atoms. The number of hydrogen-bond acceptors (Lipinski definition) is 6. The zero-order chi connectivity index (χ0) is 59.2. The van der Waals surface area contributed by atoms with E-state index >= 15 is 0 Å². The van der Waals surface area contributed by atoms with Crippen LogP contribution in [0.1, 0.15) is 271 Å². The lowest BCUT2D eigenvalue weighted by molar-refractivity contribution is -0.167. The van der Waals surface area contributed by atoms with Crippen LogP contribution in [0.4, 0.5) is 0 Å². The summed E-state index contributed by atoms with van der Waals surface area (Å²) >= 11 is 0. The molecule has 1 atom stereocenters. The molecule has 1 unspecified atom stereocenters. The number of ether oxygens (including phenoxy) is 3. The third-order valence-corrected chi connectivity index (χ3v) is 13.4. The summed E-state index contributed by atoms with van der Waals surface area (Å²) in [6, 6.07) is 0. The minimum absolute atomic E-state index is 0.0995. The molecule has 0 aliphatic carbocycles. The van der Waals surface area contributed by atoms with E-state index in [1.165, 1.54) is 44.9 Å². The van der Waals surface area contributed by atoms with Crippen molar-refractivity contribution in [3.63, 3.8) is 0 Å². The van der Waals surface area contributed by atoms with Gasteiger partial charge in [0.15, 0.2) is 6.10 Å². The van der Waals surface area contributed by atoms with Crippen LogP contribution in [0.15, 0.2) is 170 Å². The molecule has 0 fully saturated rings. The lowest BCUT2D eigenvalue weighted by atomic mass is 10.1. The van der Waals surface area contributed by atoms with Gasteiger partial charge in [-0.25, -0.2) is 0 Å². The molecule has 0 rings (SSSR count). The summed E-state index contributed by atoms with van der Waals surface area (Å²) in [5, 5.41) is 0.